The second kappa shape index (κ2) is 5.09. The molecule has 0 saturated heterocycles. The third kappa shape index (κ3) is 2.21. The highest BCUT2D eigenvalue weighted by Gasteiger charge is 2.10. The molecule has 0 aromatic heterocycles. The van der Waals surface area contributed by atoms with Gasteiger partial charge < -0.3 is 9.47 Å². The van der Waals surface area contributed by atoms with E-state index in [9.17, 15) is 0 Å². The van der Waals surface area contributed by atoms with Gasteiger partial charge in [-0.15, -0.1) is 0 Å². The van der Waals surface area contributed by atoms with Crippen molar-refractivity contribution in [3.05, 3.63) is 34.2 Å². The lowest BCUT2D eigenvalue weighted by molar-refractivity contribution is 0.307. The normalized spacial score (nSPS) is 13.1. The van der Waals surface area contributed by atoms with Gasteiger partial charge in [-0.05, 0) is 37.1 Å². The number of aryl methyl sites for hydroxylation is 1. The molecule has 0 amide bonds. The molecule has 0 unspecified atom stereocenters. The van der Waals surface area contributed by atoms with Crippen LogP contribution in [0.3, 0.4) is 0 Å². The maximum Gasteiger partial charge on any atom is 0.169 e. The number of rotatable bonds is 3. The Kier molecular flexibility index (Phi) is 3.52. The summed E-state index contributed by atoms with van der Waals surface area (Å²) in [5, 5.41) is 2.33. The first kappa shape index (κ1) is 11.8. The van der Waals surface area contributed by atoms with Gasteiger partial charge in [0, 0.05) is 5.22 Å². The van der Waals surface area contributed by atoms with Gasteiger partial charge in [0.25, 0.3) is 0 Å². The van der Waals surface area contributed by atoms with Crippen molar-refractivity contribution in [2.45, 2.75) is 20.3 Å². The van der Waals surface area contributed by atoms with Crippen molar-refractivity contribution in [1.82, 2.24) is 0 Å². The molecule has 0 fully saturated rings. The molecule has 0 radical (unpaired) electrons. The Morgan fingerprint density at radius 3 is 2.82 bits per heavy atom. The summed E-state index contributed by atoms with van der Waals surface area (Å²) in [5.41, 5.74) is 1.11. The average Bonchev–Trinajstić information content (AvgIpc) is 2.54. The molecule has 1 aliphatic rings. The molecule has 0 atom stereocenters. The summed E-state index contributed by atoms with van der Waals surface area (Å²) in [6.45, 7) is 4.68. The number of hydrogen-bond acceptors (Lipinski definition) is 2. The van der Waals surface area contributed by atoms with Gasteiger partial charge >= 0.3 is 0 Å². The Balaban J connectivity index is 2.79. The van der Waals surface area contributed by atoms with E-state index in [1.54, 1.807) is 7.11 Å². The fourth-order valence-electron chi connectivity index (χ4n) is 2.13. The van der Waals surface area contributed by atoms with E-state index in [0.29, 0.717) is 6.61 Å². The molecular weight excluding hydrogens is 212 g/mol. The van der Waals surface area contributed by atoms with Gasteiger partial charge in [0.1, 0.15) is 0 Å². The molecule has 0 spiro atoms. The zero-order chi connectivity index (χ0) is 12.3. The van der Waals surface area contributed by atoms with Crippen LogP contribution in [0.25, 0.3) is 12.2 Å². The minimum absolute atomic E-state index is 0.643. The molecule has 0 aliphatic heterocycles. The van der Waals surface area contributed by atoms with E-state index >= 15 is 0 Å². The van der Waals surface area contributed by atoms with Crippen LogP contribution in [0.5, 0.6) is 11.5 Å². The molecule has 90 valence electrons. The monoisotopic (exact) mass is 230 g/mol. The second-order valence-corrected chi connectivity index (χ2v) is 4.03. The first-order valence-corrected chi connectivity index (χ1v) is 5.95. The van der Waals surface area contributed by atoms with E-state index in [-0.39, 0.29) is 0 Å². The van der Waals surface area contributed by atoms with E-state index < -0.39 is 0 Å². The standard InChI is InChI=1S/C15H18O2/c1-4-17-15-13-9-7-5-6-8-12(13)10-11(2)14(15)16-3/h5,7-10H,4,6H2,1-3H3. The second-order valence-electron chi connectivity index (χ2n) is 4.03. The number of methoxy groups -OCH3 is 1. The molecule has 1 aromatic carbocycles. The molecule has 1 aromatic rings. The minimum atomic E-state index is 0.643. The Hall–Kier alpha value is -1.70. The van der Waals surface area contributed by atoms with E-state index in [1.807, 2.05) is 13.8 Å². The molecule has 0 bridgehead atoms. The molecular formula is C15H18O2. The summed E-state index contributed by atoms with van der Waals surface area (Å²) in [4.78, 5) is 0. The van der Waals surface area contributed by atoms with E-state index in [0.717, 1.165) is 28.7 Å². The molecule has 17 heavy (non-hydrogen) atoms. The molecule has 0 saturated carbocycles. The van der Waals surface area contributed by atoms with Crippen LogP contribution < -0.4 is 19.9 Å². The lowest BCUT2D eigenvalue weighted by Gasteiger charge is -2.13. The van der Waals surface area contributed by atoms with Crippen LogP contribution in [-0.2, 0) is 0 Å². The fourth-order valence-corrected chi connectivity index (χ4v) is 2.13. The first-order valence-electron chi connectivity index (χ1n) is 5.95. The molecule has 0 N–H and O–H groups in total. The minimum Gasteiger partial charge on any atom is -0.493 e. The maximum atomic E-state index is 5.75. The van der Waals surface area contributed by atoms with Crippen molar-refractivity contribution in [2.24, 2.45) is 0 Å². The molecule has 0 heterocycles. The van der Waals surface area contributed by atoms with Crippen LogP contribution in [0.4, 0.5) is 0 Å². The Morgan fingerprint density at radius 2 is 2.12 bits per heavy atom. The SMILES string of the molecule is CCOc1c(OC)c(C)cc2c1=CC=CCC=2. The van der Waals surface area contributed by atoms with Crippen LogP contribution >= 0.6 is 0 Å². The Bertz CT molecular complexity index is 553. The molecule has 2 nitrogen and oxygen atoms in total. The zero-order valence-electron chi connectivity index (χ0n) is 10.6. The predicted molar refractivity (Wildman–Crippen MR) is 70.8 cm³/mol. The summed E-state index contributed by atoms with van der Waals surface area (Å²) in [7, 11) is 1.69. The highest BCUT2D eigenvalue weighted by Crippen LogP contribution is 2.25. The Morgan fingerprint density at radius 1 is 1.29 bits per heavy atom. The summed E-state index contributed by atoms with van der Waals surface area (Å²) in [6, 6.07) is 2.15. The third-order valence-electron chi connectivity index (χ3n) is 2.86. The summed E-state index contributed by atoms with van der Waals surface area (Å²) >= 11 is 0. The number of ether oxygens (including phenoxy) is 2. The smallest absolute Gasteiger partial charge is 0.169 e. The third-order valence-corrected chi connectivity index (χ3v) is 2.86. The van der Waals surface area contributed by atoms with Crippen molar-refractivity contribution in [3.8, 4) is 11.5 Å². The number of fused-ring (bicyclic) bond motifs is 1. The molecule has 1 aliphatic carbocycles. The highest BCUT2D eigenvalue weighted by molar-refractivity contribution is 5.56. The summed E-state index contributed by atoms with van der Waals surface area (Å²) < 4.78 is 11.2. The van der Waals surface area contributed by atoms with Crippen molar-refractivity contribution in [1.29, 1.82) is 0 Å². The lowest BCUT2D eigenvalue weighted by Crippen LogP contribution is -2.27. The van der Waals surface area contributed by atoms with Gasteiger partial charge in [0.2, 0.25) is 0 Å². The van der Waals surface area contributed by atoms with Crippen LogP contribution in [0.15, 0.2) is 18.2 Å². The van der Waals surface area contributed by atoms with Gasteiger partial charge in [-0.1, -0.05) is 24.3 Å². The number of hydrogen-bond donors (Lipinski definition) is 0. The summed E-state index contributed by atoms with van der Waals surface area (Å²) in [6.07, 6.45) is 9.47. The van der Waals surface area contributed by atoms with Crippen molar-refractivity contribution < 1.29 is 9.47 Å². The predicted octanol–water partition coefficient (Wildman–Crippen LogP) is 1.92. The van der Waals surface area contributed by atoms with Crippen molar-refractivity contribution >= 4 is 12.2 Å². The van der Waals surface area contributed by atoms with E-state index in [2.05, 4.69) is 30.4 Å². The molecule has 2 rings (SSSR count). The van der Waals surface area contributed by atoms with Crippen LogP contribution in [0.2, 0.25) is 0 Å². The van der Waals surface area contributed by atoms with Gasteiger partial charge in [-0.25, -0.2) is 0 Å². The topological polar surface area (TPSA) is 18.5 Å². The molecule has 2 heteroatoms. The number of benzene rings is 1. The van der Waals surface area contributed by atoms with Gasteiger partial charge in [-0.3, -0.25) is 0 Å². The lowest BCUT2D eigenvalue weighted by atomic mass is 10.1. The van der Waals surface area contributed by atoms with Crippen molar-refractivity contribution in [3.63, 3.8) is 0 Å². The zero-order valence-corrected chi connectivity index (χ0v) is 10.6. The van der Waals surface area contributed by atoms with E-state index in [1.165, 1.54) is 5.22 Å². The Labute approximate surface area is 102 Å². The van der Waals surface area contributed by atoms with Crippen molar-refractivity contribution in [2.75, 3.05) is 13.7 Å². The maximum absolute atomic E-state index is 5.75. The first-order chi connectivity index (χ1) is 8.27. The quantitative estimate of drug-likeness (QED) is 0.790. The van der Waals surface area contributed by atoms with Crippen LogP contribution in [-0.4, -0.2) is 13.7 Å². The van der Waals surface area contributed by atoms with E-state index in [4.69, 9.17) is 9.47 Å². The van der Waals surface area contributed by atoms with Gasteiger partial charge in [-0.2, -0.15) is 0 Å². The highest BCUT2D eigenvalue weighted by atomic mass is 16.5. The fraction of sp³-hybridized carbons (Fsp3) is 0.333. The van der Waals surface area contributed by atoms with Gasteiger partial charge in [0.05, 0.1) is 13.7 Å². The average molecular weight is 230 g/mol. The number of allylic oxidation sites excluding steroid dienone is 2. The van der Waals surface area contributed by atoms with Crippen LogP contribution in [0.1, 0.15) is 18.9 Å². The van der Waals surface area contributed by atoms with Crippen LogP contribution in [0, 0.1) is 6.92 Å². The largest absolute Gasteiger partial charge is 0.493 e. The summed E-state index contributed by atoms with van der Waals surface area (Å²) in [5.74, 6) is 1.69. The van der Waals surface area contributed by atoms with Gasteiger partial charge in [0.15, 0.2) is 11.5 Å².